The first-order valence-electron chi connectivity index (χ1n) is 9.73. The van der Waals surface area contributed by atoms with Crippen LogP contribution in [0.25, 0.3) is 0 Å². The van der Waals surface area contributed by atoms with Crippen LogP contribution in [-0.4, -0.2) is 17.0 Å². The summed E-state index contributed by atoms with van der Waals surface area (Å²) < 4.78 is 4.82. The Kier molecular flexibility index (Phi) is 22.7. The van der Waals surface area contributed by atoms with Crippen LogP contribution in [0.4, 0.5) is 0 Å². The van der Waals surface area contributed by atoms with E-state index in [9.17, 15) is 9.59 Å². The van der Waals surface area contributed by atoms with Gasteiger partial charge in [0.25, 0.3) is 0 Å². The standard InChI is InChI=1S/C20H36O4.Zn/c1-2-3-4-5-6-7-8-9-10-11-12-13-14-15-18-24-20(23)17-16-19(21)22;/h15,18H,2-14,16-17H2,1H3,(H,21,22);/b18-15+;. The Morgan fingerprint density at radius 2 is 1.28 bits per heavy atom. The van der Waals surface area contributed by atoms with E-state index < -0.39 is 11.9 Å². The second kappa shape index (κ2) is 21.3. The fourth-order valence-electron chi connectivity index (χ4n) is 2.56. The predicted molar refractivity (Wildman–Crippen MR) is 97.8 cm³/mol. The first-order valence-corrected chi connectivity index (χ1v) is 9.73. The van der Waals surface area contributed by atoms with Crippen LogP contribution < -0.4 is 0 Å². The van der Waals surface area contributed by atoms with Crippen molar-refractivity contribution >= 4 is 11.9 Å². The van der Waals surface area contributed by atoms with Gasteiger partial charge in [-0.15, -0.1) is 0 Å². The quantitative estimate of drug-likeness (QED) is 0.139. The summed E-state index contributed by atoms with van der Waals surface area (Å²) in [6.45, 7) is 2.25. The molecule has 0 aromatic carbocycles. The predicted octanol–water partition coefficient (Wildman–Crippen LogP) is 6.00. The van der Waals surface area contributed by atoms with Gasteiger partial charge in [-0.2, -0.15) is 0 Å². The molecule has 0 unspecified atom stereocenters. The molecule has 0 atom stereocenters. The Morgan fingerprint density at radius 3 is 1.76 bits per heavy atom. The summed E-state index contributed by atoms with van der Waals surface area (Å²) in [6.07, 6.45) is 19.8. The second-order valence-electron chi connectivity index (χ2n) is 6.43. The van der Waals surface area contributed by atoms with E-state index in [0.29, 0.717) is 0 Å². The molecule has 5 heteroatoms. The zero-order valence-corrected chi connectivity index (χ0v) is 19.1. The van der Waals surface area contributed by atoms with Gasteiger partial charge in [0.1, 0.15) is 0 Å². The number of unbranched alkanes of at least 4 members (excludes halogenated alkanes) is 12. The molecule has 0 aliphatic carbocycles. The molecular formula is C20H36O4Zn. The summed E-state index contributed by atoms with van der Waals surface area (Å²) in [7, 11) is 0. The van der Waals surface area contributed by atoms with E-state index in [1.807, 2.05) is 6.08 Å². The molecule has 0 spiro atoms. The molecule has 0 aliphatic rings. The minimum Gasteiger partial charge on any atom is -0.481 e. The summed E-state index contributed by atoms with van der Waals surface area (Å²) in [5.74, 6) is -1.46. The van der Waals surface area contributed by atoms with Crippen LogP contribution in [-0.2, 0) is 33.8 Å². The smallest absolute Gasteiger partial charge is 0.311 e. The monoisotopic (exact) mass is 404 g/mol. The summed E-state index contributed by atoms with van der Waals surface area (Å²) in [4.78, 5) is 21.4. The van der Waals surface area contributed by atoms with Crippen molar-refractivity contribution in [1.29, 1.82) is 0 Å². The summed E-state index contributed by atoms with van der Waals surface area (Å²) >= 11 is 0. The average molecular weight is 406 g/mol. The van der Waals surface area contributed by atoms with E-state index >= 15 is 0 Å². The van der Waals surface area contributed by atoms with Crippen molar-refractivity contribution in [3.05, 3.63) is 12.3 Å². The van der Waals surface area contributed by atoms with Gasteiger partial charge in [-0.1, -0.05) is 77.6 Å². The van der Waals surface area contributed by atoms with Crippen molar-refractivity contribution in [3.63, 3.8) is 0 Å². The third-order valence-electron chi connectivity index (χ3n) is 4.06. The third-order valence-corrected chi connectivity index (χ3v) is 4.06. The number of aliphatic carboxylic acids is 1. The number of carbonyl (C=O) groups is 2. The van der Waals surface area contributed by atoms with Crippen LogP contribution in [0.15, 0.2) is 12.3 Å². The van der Waals surface area contributed by atoms with Gasteiger partial charge in [0, 0.05) is 19.5 Å². The van der Waals surface area contributed by atoms with Crippen LogP contribution in [0.1, 0.15) is 103 Å². The number of carboxylic acids is 1. The minimum absolute atomic E-state index is 0. The Bertz CT molecular complexity index is 343. The number of hydrogen-bond acceptors (Lipinski definition) is 3. The molecule has 142 valence electrons. The number of allylic oxidation sites excluding steroid dienone is 1. The van der Waals surface area contributed by atoms with Crippen LogP contribution >= 0.6 is 0 Å². The van der Waals surface area contributed by atoms with E-state index in [-0.39, 0.29) is 32.3 Å². The van der Waals surface area contributed by atoms with Gasteiger partial charge in [0.15, 0.2) is 0 Å². The van der Waals surface area contributed by atoms with Crippen LogP contribution in [0.2, 0.25) is 0 Å². The molecule has 0 rings (SSSR count). The number of carboxylic acid groups (broad SMARTS) is 1. The number of hydrogen-bond donors (Lipinski definition) is 1. The number of carbonyl (C=O) groups excluding carboxylic acids is 1. The first-order chi connectivity index (χ1) is 11.7. The largest absolute Gasteiger partial charge is 0.481 e. The van der Waals surface area contributed by atoms with Gasteiger partial charge in [0.05, 0.1) is 19.1 Å². The van der Waals surface area contributed by atoms with Crippen molar-refractivity contribution in [3.8, 4) is 0 Å². The molecule has 1 N–H and O–H groups in total. The number of ether oxygens (including phenoxy) is 1. The fourth-order valence-corrected chi connectivity index (χ4v) is 2.56. The number of rotatable bonds is 17. The Balaban J connectivity index is 0. The fraction of sp³-hybridized carbons (Fsp3) is 0.800. The van der Waals surface area contributed by atoms with Crippen LogP contribution in [0, 0.1) is 0 Å². The maximum Gasteiger partial charge on any atom is 0.311 e. The third kappa shape index (κ3) is 23.3. The number of esters is 1. The Labute approximate surface area is 166 Å². The van der Waals surface area contributed by atoms with Crippen LogP contribution in [0.5, 0.6) is 0 Å². The van der Waals surface area contributed by atoms with Gasteiger partial charge in [-0.05, 0) is 18.9 Å². The van der Waals surface area contributed by atoms with Crippen molar-refractivity contribution in [2.75, 3.05) is 0 Å². The molecule has 0 radical (unpaired) electrons. The Hall–Kier alpha value is -0.697. The topological polar surface area (TPSA) is 63.6 Å². The van der Waals surface area contributed by atoms with Crippen molar-refractivity contribution in [1.82, 2.24) is 0 Å². The molecule has 0 fully saturated rings. The summed E-state index contributed by atoms with van der Waals surface area (Å²) in [5.41, 5.74) is 0. The van der Waals surface area contributed by atoms with E-state index in [1.165, 1.54) is 76.9 Å². The molecule has 4 nitrogen and oxygen atoms in total. The summed E-state index contributed by atoms with van der Waals surface area (Å²) in [5, 5.41) is 8.44. The minimum atomic E-state index is -0.979. The molecule has 0 saturated heterocycles. The zero-order chi connectivity index (χ0) is 17.9. The summed E-state index contributed by atoms with van der Waals surface area (Å²) in [6, 6.07) is 0. The van der Waals surface area contributed by atoms with Gasteiger partial charge in [-0.25, -0.2) is 0 Å². The molecule has 0 heterocycles. The van der Waals surface area contributed by atoms with Gasteiger partial charge in [0.2, 0.25) is 0 Å². The van der Waals surface area contributed by atoms with E-state index in [0.717, 1.165) is 12.8 Å². The van der Waals surface area contributed by atoms with Gasteiger partial charge in [-0.3, -0.25) is 9.59 Å². The molecule has 0 amide bonds. The second-order valence-corrected chi connectivity index (χ2v) is 6.43. The SMILES string of the molecule is CCCCCCCCCCCCCC/C=C/OC(=O)CCC(=O)O.[Zn]. The molecule has 0 bridgehead atoms. The first kappa shape index (κ1) is 26.5. The Morgan fingerprint density at radius 1 is 0.800 bits per heavy atom. The van der Waals surface area contributed by atoms with Crippen molar-refractivity contribution in [2.24, 2.45) is 0 Å². The van der Waals surface area contributed by atoms with Gasteiger partial charge < -0.3 is 9.84 Å². The molecular weight excluding hydrogens is 370 g/mol. The van der Waals surface area contributed by atoms with E-state index in [2.05, 4.69) is 6.92 Å². The van der Waals surface area contributed by atoms with Crippen LogP contribution in [0.3, 0.4) is 0 Å². The van der Waals surface area contributed by atoms with Crippen molar-refractivity contribution in [2.45, 2.75) is 103 Å². The normalized spacial score (nSPS) is 10.6. The molecule has 0 saturated carbocycles. The molecule has 0 aromatic rings. The molecule has 0 aliphatic heterocycles. The van der Waals surface area contributed by atoms with E-state index in [4.69, 9.17) is 9.84 Å². The molecule has 0 aromatic heterocycles. The van der Waals surface area contributed by atoms with Crippen molar-refractivity contribution < 1.29 is 38.9 Å². The maximum atomic E-state index is 11.1. The van der Waals surface area contributed by atoms with Gasteiger partial charge >= 0.3 is 11.9 Å². The van der Waals surface area contributed by atoms with E-state index in [1.54, 1.807) is 0 Å². The molecule has 25 heavy (non-hydrogen) atoms. The zero-order valence-electron chi connectivity index (χ0n) is 16.1. The average Bonchev–Trinajstić information content (AvgIpc) is 2.56. The maximum absolute atomic E-state index is 11.1.